The third-order valence-electron chi connectivity index (χ3n) is 15.8. The zero-order chi connectivity index (χ0) is 62.5. The van der Waals surface area contributed by atoms with Crippen LogP contribution in [0.1, 0.15) is 85.5 Å². The summed E-state index contributed by atoms with van der Waals surface area (Å²) >= 11 is 5.33. The minimum Gasteiger partial charge on any atom is -0.477 e. The Balaban J connectivity index is 0.000000161. The molecule has 12 nitrogen and oxygen atoms in total. The van der Waals surface area contributed by atoms with Gasteiger partial charge in [0.2, 0.25) is 6.79 Å². The molecule has 0 aromatic heterocycles. The molecular formula is C67H69ClF6O12S2+2. The fraction of sp³-hybridized carbons (Fsp3) is 0.373. The molecule has 8 aliphatic carbocycles. The summed E-state index contributed by atoms with van der Waals surface area (Å²) in [5.74, 6) is -9.86. The second kappa shape index (κ2) is 30.3. The highest BCUT2D eigenvalue weighted by molar-refractivity contribution is 7.97. The molecule has 468 valence electrons. The Morgan fingerprint density at radius 1 is 0.477 bits per heavy atom. The van der Waals surface area contributed by atoms with Gasteiger partial charge >= 0.3 is 36.1 Å². The predicted molar refractivity (Wildman–Crippen MR) is 318 cm³/mol. The minimum atomic E-state index is -3.65. The van der Waals surface area contributed by atoms with E-state index < -0.39 is 54.1 Å². The van der Waals surface area contributed by atoms with Crippen molar-refractivity contribution in [1.29, 1.82) is 0 Å². The smallest absolute Gasteiger partial charge is 0.477 e. The summed E-state index contributed by atoms with van der Waals surface area (Å²) in [5.41, 5.74) is -1.16. The monoisotopic (exact) mass is 1280 g/mol. The third-order valence-corrected chi connectivity index (χ3v) is 20.3. The number of ether oxygens (including phenoxy) is 5. The molecule has 88 heavy (non-hydrogen) atoms. The maximum Gasteiger partial charge on any atom is 0.511 e. The maximum absolute atomic E-state index is 13.2. The van der Waals surface area contributed by atoms with Crippen LogP contribution in [0.2, 0.25) is 0 Å². The van der Waals surface area contributed by atoms with Crippen molar-refractivity contribution >= 4 is 69.2 Å². The zero-order valence-electron chi connectivity index (χ0n) is 47.5. The summed E-state index contributed by atoms with van der Waals surface area (Å²) in [6, 6.07) is 54.8. The van der Waals surface area contributed by atoms with Crippen LogP contribution in [0.15, 0.2) is 199 Å². The molecule has 0 aliphatic heterocycles. The third kappa shape index (κ3) is 18.2. The standard InChI is InChI=1S/2C18H14FS.C15H18F2O6.C12H15ClO4.C3H4F2O2.CH4/c2*19-15-11-13-18(14-12-15)20(16-7-3-1-4-8-16)17-9-5-2-6-10-17;1-14(16,17)12(19)21-7-22-13(20)23-15-4-8-2-9(5-15)11(18)10(3-8)6-15;13-6-16-11(15)17-12-3-7-1-8(4-12)10(14)9(2-7)5-12;1-3(4,5)2(6)7;/h2*1-14H;8-10H,2-7H2,1H3;7-9H,1-6H2;1H3,(H,6,7);1H4/q2*+1;;;;. The molecule has 8 fully saturated rings. The molecular weight excluding hydrogens is 1210 g/mol. The van der Waals surface area contributed by atoms with Crippen molar-refractivity contribution in [3.63, 3.8) is 0 Å². The first-order valence-corrected chi connectivity index (χ1v) is 31.1. The van der Waals surface area contributed by atoms with E-state index in [1.54, 1.807) is 0 Å². The fourth-order valence-corrected chi connectivity index (χ4v) is 16.8. The highest BCUT2D eigenvalue weighted by Gasteiger charge is 2.59. The molecule has 8 bridgehead atoms. The lowest BCUT2D eigenvalue weighted by molar-refractivity contribution is -0.184. The van der Waals surface area contributed by atoms with Gasteiger partial charge in [-0.3, -0.25) is 9.59 Å². The summed E-state index contributed by atoms with van der Waals surface area (Å²) in [7, 11) is -0.379. The van der Waals surface area contributed by atoms with Gasteiger partial charge in [0.15, 0.2) is 35.4 Å². The van der Waals surface area contributed by atoms with Gasteiger partial charge in [0.1, 0.15) is 34.4 Å². The number of carbonyl (C=O) groups is 6. The molecule has 0 spiro atoms. The van der Waals surface area contributed by atoms with E-state index in [0.717, 1.165) is 41.9 Å². The van der Waals surface area contributed by atoms with Gasteiger partial charge < -0.3 is 28.8 Å². The van der Waals surface area contributed by atoms with Crippen molar-refractivity contribution in [3.05, 3.63) is 181 Å². The molecule has 0 heterocycles. The average molecular weight is 1280 g/mol. The normalized spacial score (nSPS) is 23.2. The molecule has 0 radical (unpaired) electrons. The van der Waals surface area contributed by atoms with Gasteiger partial charge in [-0.25, -0.2) is 28.0 Å². The topological polar surface area (TPSA) is 169 Å². The second-order valence-corrected chi connectivity index (χ2v) is 26.6. The number of hydrogen-bond acceptors (Lipinski definition) is 11. The van der Waals surface area contributed by atoms with Gasteiger partial charge in [0.25, 0.3) is 0 Å². The fourth-order valence-electron chi connectivity index (χ4n) is 12.5. The van der Waals surface area contributed by atoms with Gasteiger partial charge in [-0.15, -0.1) is 0 Å². The van der Waals surface area contributed by atoms with Gasteiger partial charge in [-0.1, -0.05) is 91.8 Å². The number of hydrogen-bond donors (Lipinski definition) is 1. The van der Waals surface area contributed by atoms with Crippen molar-refractivity contribution in [2.24, 2.45) is 35.5 Å². The largest absolute Gasteiger partial charge is 0.511 e. The first kappa shape index (κ1) is 68.2. The van der Waals surface area contributed by atoms with Crippen molar-refractivity contribution < 1.29 is 83.9 Å². The lowest BCUT2D eigenvalue weighted by Gasteiger charge is -2.54. The number of carboxylic acid groups (broad SMARTS) is 1. The summed E-state index contributed by atoms with van der Waals surface area (Å²) in [6.45, 7) is -0.207. The van der Waals surface area contributed by atoms with Crippen LogP contribution >= 0.6 is 11.6 Å². The summed E-state index contributed by atoms with van der Waals surface area (Å²) < 4.78 is 98.1. The number of alkyl halides is 5. The van der Waals surface area contributed by atoms with E-state index in [9.17, 15) is 55.1 Å². The quantitative estimate of drug-likeness (QED) is 0.0290. The molecule has 6 aromatic carbocycles. The Morgan fingerprint density at radius 3 is 1.03 bits per heavy atom. The second-order valence-electron chi connectivity index (χ2n) is 22.4. The van der Waals surface area contributed by atoms with Crippen LogP contribution < -0.4 is 0 Å². The number of rotatable bonds is 13. The number of halogens is 7. The summed E-state index contributed by atoms with van der Waals surface area (Å²) in [5, 5.41) is 7.50. The van der Waals surface area contributed by atoms with Crippen LogP contribution in [0.25, 0.3) is 0 Å². The molecule has 6 aromatic rings. The van der Waals surface area contributed by atoms with E-state index in [1.807, 2.05) is 97.1 Å². The van der Waals surface area contributed by atoms with Crippen LogP contribution in [0.5, 0.6) is 0 Å². The van der Waals surface area contributed by atoms with Crippen LogP contribution in [0, 0.1) is 47.1 Å². The molecule has 0 saturated heterocycles. The predicted octanol–water partition coefficient (Wildman–Crippen LogP) is 16.1. The molecule has 14 rings (SSSR count). The van der Waals surface area contributed by atoms with Gasteiger partial charge in [0.05, 0.1) is 21.8 Å². The number of benzene rings is 6. The molecule has 21 heteroatoms. The molecule has 4 atom stereocenters. The number of aliphatic carboxylic acids is 1. The van der Waals surface area contributed by atoms with Crippen molar-refractivity contribution in [1.82, 2.24) is 0 Å². The van der Waals surface area contributed by atoms with Gasteiger partial charge in [-0.2, -0.15) is 17.6 Å². The van der Waals surface area contributed by atoms with E-state index in [1.165, 1.54) is 43.8 Å². The minimum absolute atomic E-state index is 0. The number of ketones is 2. The SMILES string of the molecule is C.CC(F)(F)C(=O)O.CC(F)(F)C(=O)OCOC(=O)OC12CC3CC(C1)C(=O)C(C3)C2.Fc1ccc([S+](c2ccccc2)c2ccccc2)cc1.Fc1ccc([S+](c2ccccc2)c2ccccc2)cc1.O=C(OCCl)OC12CC3CC(C1)C(=O)C(C3)C2. The number of esters is 1. The van der Waals surface area contributed by atoms with E-state index in [2.05, 4.69) is 62.7 Å². The molecule has 8 aliphatic rings. The molecule has 4 unspecified atom stereocenters. The lowest BCUT2D eigenvalue weighted by atomic mass is 9.53. The van der Waals surface area contributed by atoms with Crippen LogP contribution in [-0.4, -0.2) is 76.8 Å². The van der Waals surface area contributed by atoms with Gasteiger partial charge in [-0.05, 0) is 173 Å². The van der Waals surface area contributed by atoms with Crippen molar-refractivity contribution in [3.8, 4) is 0 Å². The Hall–Kier alpha value is -7.29. The zero-order valence-corrected chi connectivity index (χ0v) is 49.9. The van der Waals surface area contributed by atoms with Gasteiger partial charge in [0, 0.05) is 37.5 Å². The molecule has 8 saturated carbocycles. The molecule has 0 amide bonds. The average Bonchev–Trinajstić information content (AvgIpc) is 0.802. The van der Waals surface area contributed by atoms with E-state index >= 15 is 0 Å². The first-order valence-electron chi connectivity index (χ1n) is 28.1. The summed E-state index contributed by atoms with van der Waals surface area (Å²) in [6.07, 6.45) is 5.78. The number of carbonyl (C=O) groups excluding carboxylic acids is 5. The maximum atomic E-state index is 13.2. The van der Waals surface area contributed by atoms with Crippen LogP contribution in [0.3, 0.4) is 0 Å². The van der Waals surface area contributed by atoms with Crippen LogP contribution in [-0.2, 0) is 64.7 Å². The Labute approximate surface area is 518 Å². The van der Waals surface area contributed by atoms with Crippen molar-refractivity contribution in [2.75, 3.05) is 12.9 Å². The highest BCUT2D eigenvalue weighted by atomic mass is 35.5. The number of carboxylic acids is 1. The highest BCUT2D eigenvalue weighted by Crippen LogP contribution is 2.57. The summed E-state index contributed by atoms with van der Waals surface area (Å²) in [4.78, 5) is 74.4. The lowest BCUT2D eigenvalue weighted by Crippen LogP contribution is -2.56. The van der Waals surface area contributed by atoms with Crippen molar-refractivity contribution in [2.45, 2.75) is 138 Å². The number of Topliss-reactive ketones (excluding diaryl/α,β-unsaturated/α-hetero) is 2. The Kier molecular flexibility index (Phi) is 23.5. The Morgan fingerprint density at radius 2 is 0.761 bits per heavy atom. The first-order chi connectivity index (χ1) is 41.4. The van der Waals surface area contributed by atoms with E-state index in [0.29, 0.717) is 63.6 Å². The van der Waals surface area contributed by atoms with E-state index in [-0.39, 0.29) is 76.4 Å². The van der Waals surface area contributed by atoms with Crippen LogP contribution in [0.4, 0.5) is 35.9 Å². The van der Waals surface area contributed by atoms with E-state index in [4.69, 9.17) is 26.2 Å². The molecule has 1 N–H and O–H groups in total. The Bertz CT molecular complexity index is 3050.